The molecule has 1 aromatic rings. The highest BCUT2D eigenvalue weighted by atomic mass is 32.1. The Morgan fingerprint density at radius 2 is 2.25 bits per heavy atom. The summed E-state index contributed by atoms with van der Waals surface area (Å²) in [4.78, 5) is 7.64. The molecule has 0 radical (unpaired) electrons. The molecule has 16 heavy (non-hydrogen) atoms. The molecule has 1 heterocycles. The predicted molar refractivity (Wildman–Crippen MR) is 67.9 cm³/mol. The maximum atomic E-state index is 5.48. The van der Waals surface area contributed by atoms with Gasteiger partial charge in [-0.3, -0.25) is 0 Å². The molecule has 0 unspecified atom stereocenters. The van der Waals surface area contributed by atoms with Gasteiger partial charge in [0.05, 0.1) is 24.4 Å². The molecule has 0 aliphatic carbocycles. The fourth-order valence-electron chi connectivity index (χ4n) is 1.19. The van der Waals surface area contributed by atoms with E-state index in [4.69, 9.17) is 4.74 Å². The maximum absolute atomic E-state index is 5.48. The standard InChI is InChI=1S/C11H21N3OS/c1-10-11(16-9-13-10)8-12-4-6-15-7-5-14(2)3/h9,12H,4-8H2,1-3H3. The van der Waals surface area contributed by atoms with Crippen LogP contribution in [0.15, 0.2) is 5.51 Å². The average Bonchev–Trinajstić information content (AvgIpc) is 2.62. The van der Waals surface area contributed by atoms with Crippen LogP contribution in [-0.2, 0) is 11.3 Å². The Kier molecular flexibility index (Phi) is 6.56. The summed E-state index contributed by atoms with van der Waals surface area (Å²) in [6, 6.07) is 0. The van der Waals surface area contributed by atoms with Crippen molar-refractivity contribution in [3.05, 3.63) is 16.1 Å². The first-order valence-corrected chi connectivity index (χ1v) is 6.40. The Bertz CT molecular complexity index is 289. The van der Waals surface area contributed by atoms with Crippen LogP contribution in [0.5, 0.6) is 0 Å². The van der Waals surface area contributed by atoms with E-state index in [9.17, 15) is 0 Å². The van der Waals surface area contributed by atoms with E-state index in [0.29, 0.717) is 0 Å². The number of likely N-dealkylation sites (N-methyl/N-ethyl adjacent to an activating group) is 1. The SMILES string of the molecule is Cc1ncsc1CNCCOCCN(C)C. The second-order valence-corrected chi connectivity index (χ2v) is 4.89. The van der Waals surface area contributed by atoms with Gasteiger partial charge in [0.15, 0.2) is 0 Å². The van der Waals surface area contributed by atoms with Crippen molar-refractivity contribution in [2.75, 3.05) is 40.4 Å². The highest BCUT2D eigenvalue weighted by Gasteiger charge is 1.99. The molecule has 0 fully saturated rings. The van der Waals surface area contributed by atoms with Gasteiger partial charge < -0.3 is 15.0 Å². The summed E-state index contributed by atoms with van der Waals surface area (Å²) in [7, 11) is 4.10. The molecule has 4 nitrogen and oxygen atoms in total. The predicted octanol–water partition coefficient (Wildman–Crippen LogP) is 1.12. The van der Waals surface area contributed by atoms with Crippen molar-refractivity contribution in [2.45, 2.75) is 13.5 Å². The molecule has 1 rings (SSSR count). The van der Waals surface area contributed by atoms with Gasteiger partial charge in [-0.05, 0) is 21.0 Å². The highest BCUT2D eigenvalue weighted by Crippen LogP contribution is 2.10. The van der Waals surface area contributed by atoms with Crippen LogP contribution in [0.4, 0.5) is 0 Å². The van der Waals surface area contributed by atoms with Gasteiger partial charge in [0.1, 0.15) is 0 Å². The largest absolute Gasteiger partial charge is 0.379 e. The molecule has 0 bridgehead atoms. The number of rotatable bonds is 8. The zero-order chi connectivity index (χ0) is 11.8. The summed E-state index contributed by atoms with van der Waals surface area (Å²) in [6.45, 7) is 6.38. The third kappa shape index (κ3) is 5.55. The summed E-state index contributed by atoms with van der Waals surface area (Å²) >= 11 is 1.70. The van der Waals surface area contributed by atoms with Crippen molar-refractivity contribution in [3.63, 3.8) is 0 Å². The number of ether oxygens (including phenoxy) is 1. The first kappa shape index (κ1) is 13.6. The second kappa shape index (κ2) is 7.73. The van der Waals surface area contributed by atoms with Crippen molar-refractivity contribution in [2.24, 2.45) is 0 Å². The molecule has 0 saturated heterocycles. The Balaban J connectivity index is 1.94. The molecule has 1 N–H and O–H groups in total. The van der Waals surface area contributed by atoms with Crippen LogP contribution in [0.3, 0.4) is 0 Å². The number of hydrogen-bond donors (Lipinski definition) is 1. The topological polar surface area (TPSA) is 37.4 Å². The van der Waals surface area contributed by atoms with Crippen LogP contribution in [0.2, 0.25) is 0 Å². The van der Waals surface area contributed by atoms with Crippen LogP contribution < -0.4 is 5.32 Å². The van der Waals surface area contributed by atoms with E-state index in [1.54, 1.807) is 11.3 Å². The highest BCUT2D eigenvalue weighted by molar-refractivity contribution is 7.09. The van der Waals surface area contributed by atoms with Crippen LogP contribution in [0, 0.1) is 6.92 Å². The van der Waals surface area contributed by atoms with Gasteiger partial charge in [0.2, 0.25) is 0 Å². The quantitative estimate of drug-likeness (QED) is 0.694. The van der Waals surface area contributed by atoms with E-state index < -0.39 is 0 Å². The number of hydrogen-bond acceptors (Lipinski definition) is 5. The number of thiazole rings is 1. The van der Waals surface area contributed by atoms with Crippen LogP contribution in [0.1, 0.15) is 10.6 Å². The molecular formula is C11H21N3OS. The molecule has 92 valence electrons. The van der Waals surface area contributed by atoms with Crippen molar-refractivity contribution in [1.82, 2.24) is 15.2 Å². The monoisotopic (exact) mass is 243 g/mol. The van der Waals surface area contributed by atoms with Crippen LogP contribution in [-0.4, -0.2) is 50.3 Å². The zero-order valence-corrected chi connectivity index (χ0v) is 11.1. The summed E-state index contributed by atoms with van der Waals surface area (Å²) in [6.07, 6.45) is 0. The van der Waals surface area contributed by atoms with Gasteiger partial charge in [-0.15, -0.1) is 11.3 Å². The fraction of sp³-hybridized carbons (Fsp3) is 0.727. The molecule has 0 saturated carbocycles. The third-order valence-corrected chi connectivity index (χ3v) is 3.17. The minimum Gasteiger partial charge on any atom is -0.379 e. The van der Waals surface area contributed by atoms with Gasteiger partial charge in [-0.25, -0.2) is 4.98 Å². The summed E-state index contributed by atoms with van der Waals surface area (Å²) in [5.74, 6) is 0. The lowest BCUT2D eigenvalue weighted by molar-refractivity contribution is 0.119. The molecular weight excluding hydrogens is 222 g/mol. The number of nitrogens with zero attached hydrogens (tertiary/aromatic N) is 2. The molecule has 0 spiro atoms. The molecule has 1 aromatic heterocycles. The van der Waals surface area contributed by atoms with E-state index in [1.807, 2.05) is 26.5 Å². The lowest BCUT2D eigenvalue weighted by Gasteiger charge is -2.10. The number of aromatic nitrogens is 1. The Hall–Kier alpha value is -0.490. The van der Waals surface area contributed by atoms with E-state index in [-0.39, 0.29) is 0 Å². The van der Waals surface area contributed by atoms with Crippen molar-refractivity contribution in [1.29, 1.82) is 0 Å². The first-order chi connectivity index (χ1) is 7.70. The summed E-state index contributed by atoms with van der Waals surface area (Å²) < 4.78 is 5.48. The maximum Gasteiger partial charge on any atom is 0.0798 e. The summed E-state index contributed by atoms with van der Waals surface area (Å²) in [5.41, 5.74) is 3.02. The Labute approximate surface area is 102 Å². The molecule has 0 amide bonds. The van der Waals surface area contributed by atoms with E-state index in [2.05, 4.69) is 15.2 Å². The van der Waals surface area contributed by atoms with Gasteiger partial charge >= 0.3 is 0 Å². The Morgan fingerprint density at radius 1 is 1.44 bits per heavy atom. The van der Waals surface area contributed by atoms with Crippen molar-refractivity contribution in [3.8, 4) is 0 Å². The smallest absolute Gasteiger partial charge is 0.0798 e. The van der Waals surface area contributed by atoms with Crippen LogP contribution in [0.25, 0.3) is 0 Å². The van der Waals surface area contributed by atoms with Gasteiger partial charge in [0, 0.05) is 24.5 Å². The number of nitrogens with one attached hydrogen (secondary N) is 1. The lowest BCUT2D eigenvalue weighted by atomic mass is 10.4. The van der Waals surface area contributed by atoms with E-state index in [1.165, 1.54) is 4.88 Å². The normalized spacial score (nSPS) is 11.2. The van der Waals surface area contributed by atoms with E-state index in [0.717, 1.165) is 38.5 Å². The van der Waals surface area contributed by atoms with Crippen molar-refractivity contribution >= 4 is 11.3 Å². The Morgan fingerprint density at radius 3 is 2.88 bits per heavy atom. The number of aryl methyl sites for hydroxylation is 1. The minimum atomic E-state index is 0.770. The molecule has 0 aliphatic heterocycles. The van der Waals surface area contributed by atoms with Gasteiger partial charge in [-0.2, -0.15) is 0 Å². The third-order valence-electron chi connectivity index (χ3n) is 2.24. The summed E-state index contributed by atoms with van der Waals surface area (Å²) in [5, 5.41) is 3.35. The van der Waals surface area contributed by atoms with Crippen LogP contribution >= 0.6 is 11.3 Å². The minimum absolute atomic E-state index is 0.770. The zero-order valence-electron chi connectivity index (χ0n) is 10.3. The second-order valence-electron chi connectivity index (χ2n) is 3.95. The first-order valence-electron chi connectivity index (χ1n) is 5.52. The lowest BCUT2D eigenvalue weighted by Crippen LogP contribution is -2.22. The fourth-order valence-corrected chi connectivity index (χ4v) is 1.94. The van der Waals surface area contributed by atoms with Gasteiger partial charge in [0.25, 0.3) is 0 Å². The average molecular weight is 243 g/mol. The van der Waals surface area contributed by atoms with Gasteiger partial charge in [-0.1, -0.05) is 0 Å². The molecule has 5 heteroatoms. The molecule has 0 aromatic carbocycles. The van der Waals surface area contributed by atoms with E-state index >= 15 is 0 Å². The van der Waals surface area contributed by atoms with Crippen molar-refractivity contribution < 1.29 is 4.74 Å². The molecule has 0 atom stereocenters. The molecule has 0 aliphatic rings.